The summed E-state index contributed by atoms with van der Waals surface area (Å²) < 4.78 is 0. The van der Waals surface area contributed by atoms with Crippen LogP contribution in [-0.4, -0.2) is 11.9 Å². The van der Waals surface area contributed by atoms with Gasteiger partial charge in [-0.2, -0.15) is 0 Å². The second kappa shape index (κ2) is 23.7. The molecule has 0 fully saturated rings. The summed E-state index contributed by atoms with van der Waals surface area (Å²) in [5, 5.41) is 20.0. The summed E-state index contributed by atoms with van der Waals surface area (Å²) in [4.78, 5) is 20.0. The quantitative estimate of drug-likeness (QED) is 0.348. The van der Waals surface area contributed by atoms with Crippen LogP contribution >= 0.6 is 0 Å². The normalized spacial score (nSPS) is 9.48. The number of carboxylic acid groups (broad SMARTS) is 2. The van der Waals surface area contributed by atoms with Crippen LogP contribution in [-0.2, 0) is 26.7 Å². The molecule has 0 aromatic rings. The van der Waals surface area contributed by atoms with Crippen molar-refractivity contribution in [1.82, 2.24) is 0 Å². The molecule has 0 aromatic carbocycles. The third kappa shape index (κ3) is 34.0. The Balaban J connectivity index is -0.000000333. The smallest absolute Gasteiger partial charge is 0.550 e. The van der Waals surface area contributed by atoms with Gasteiger partial charge in [0.15, 0.2) is 0 Å². The van der Waals surface area contributed by atoms with E-state index in [0.717, 1.165) is 25.7 Å². The van der Waals surface area contributed by atoms with Crippen molar-refractivity contribution < 1.29 is 36.9 Å². The summed E-state index contributed by atoms with van der Waals surface area (Å²) in [6.45, 7) is 4.34. The van der Waals surface area contributed by atoms with Crippen molar-refractivity contribution in [3.63, 3.8) is 0 Å². The first-order valence-electron chi connectivity index (χ1n) is 8.94. The molecule has 0 unspecified atom stereocenters. The molecule has 137 valence electrons. The van der Waals surface area contributed by atoms with E-state index in [-0.39, 0.29) is 29.9 Å². The predicted octanol–water partition coefficient (Wildman–Crippen LogP) is 2.97. The van der Waals surface area contributed by atoms with E-state index >= 15 is 0 Å². The van der Waals surface area contributed by atoms with E-state index in [0.29, 0.717) is 0 Å². The van der Waals surface area contributed by atoms with E-state index in [1.807, 2.05) is 0 Å². The van der Waals surface area contributed by atoms with Crippen molar-refractivity contribution in [1.29, 1.82) is 0 Å². The molecule has 0 atom stereocenters. The van der Waals surface area contributed by atoms with E-state index < -0.39 is 11.9 Å². The molecule has 0 aliphatic rings. The maximum absolute atomic E-state index is 9.98. The molecule has 0 rings (SSSR count). The van der Waals surface area contributed by atoms with Gasteiger partial charge in [-0.05, 0) is 25.7 Å². The topological polar surface area (TPSA) is 80.3 Å². The Bertz CT molecular complexity index is 231. The van der Waals surface area contributed by atoms with Crippen molar-refractivity contribution in [3.8, 4) is 0 Å². The number of hydrogen-bond acceptors (Lipinski definition) is 4. The van der Waals surface area contributed by atoms with Crippen LogP contribution in [0, 0.1) is 0 Å². The zero-order valence-electron chi connectivity index (χ0n) is 14.9. The molecule has 0 aliphatic carbocycles. The van der Waals surface area contributed by atoms with E-state index in [2.05, 4.69) is 13.8 Å². The summed E-state index contributed by atoms with van der Waals surface area (Å²) in [6, 6.07) is 0. The van der Waals surface area contributed by atoms with Gasteiger partial charge >= 0.3 is 17.1 Å². The number of hydrogen-bond donors (Lipinski definition) is 0. The van der Waals surface area contributed by atoms with Crippen LogP contribution < -0.4 is 10.2 Å². The second-order valence-corrected chi connectivity index (χ2v) is 5.78. The first-order chi connectivity index (χ1) is 10.5. The fourth-order valence-corrected chi connectivity index (χ4v) is 2.10. The van der Waals surface area contributed by atoms with E-state index in [4.69, 9.17) is 0 Å². The summed E-state index contributed by atoms with van der Waals surface area (Å²) in [7, 11) is 0. The van der Waals surface area contributed by atoms with Gasteiger partial charge in [0, 0.05) is 11.9 Å². The minimum Gasteiger partial charge on any atom is -0.550 e. The fraction of sp³-hybridized carbons (Fsp3) is 0.889. The molecular weight excluding hydrogens is 335 g/mol. The summed E-state index contributed by atoms with van der Waals surface area (Å²) >= 11 is 0. The third-order valence-corrected chi connectivity index (χ3v) is 3.47. The number of carboxylic acids is 2. The van der Waals surface area contributed by atoms with E-state index in [1.54, 1.807) is 0 Å². The molecule has 0 spiro atoms. The van der Waals surface area contributed by atoms with Crippen LogP contribution in [0.15, 0.2) is 0 Å². The van der Waals surface area contributed by atoms with Gasteiger partial charge in [-0.1, -0.05) is 78.1 Å². The Labute approximate surface area is 152 Å². The van der Waals surface area contributed by atoms with Crippen molar-refractivity contribution in [2.45, 2.75) is 104 Å². The molecule has 0 aromatic heterocycles. The minimum atomic E-state index is -0.916. The zero-order chi connectivity index (χ0) is 17.1. The van der Waals surface area contributed by atoms with Crippen LogP contribution in [0.1, 0.15) is 104 Å². The van der Waals surface area contributed by atoms with Gasteiger partial charge in [0.05, 0.1) is 0 Å². The number of carbonyl (C=O) groups is 2. The largest absolute Gasteiger partial charge is 2.00 e. The SMILES string of the molecule is CCCCCCCCC(=O)[O-].CCCCCCCCC(=O)[O-].[Mn+2]. The van der Waals surface area contributed by atoms with Gasteiger partial charge in [0.2, 0.25) is 0 Å². The maximum Gasteiger partial charge on any atom is 2.00 e. The maximum atomic E-state index is 9.98. The molecule has 0 amide bonds. The zero-order valence-corrected chi connectivity index (χ0v) is 16.1. The number of aliphatic carboxylic acids is 2. The molecular formula is C18H34MnO4. The van der Waals surface area contributed by atoms with Crippen LogP contribution in [0.4, 0.5) is 0 Å². The first kappa shape index (κ1) is 27.3. The van der Waals surface area contributed by atoms with Crippen LogP contribution in [0.5, 0.6) is 0 Å². The van der Waals surface area contributed by atoms with Crippen molar-refractivity contribution in [2.75, 3.05) is 0 Å². The van der Waals surface area contributed by atoms with Gasteiger partial charge in [-0.15, -0.1) is 0 Å². The van der Waals surface area contributed by atoms with Gasteiger partial charge in [0.1, 0.15) is 0 Å². The van der Waals surface area contributed by atoms with E-state index in [9.17, 15) is 19.8 Å². The first-order valence-corrected chi connectivity index (χ1v) is 8.94. The van der Waals surface area contributed by atoms with Crippen LogP contribution in [0.3, 0.4) is 0 Å². The van der Waals surface area contributed by atoms with Crippen molar-refractivity contribution >= 4 is 11.9 Å². The molecule has 5 heteroatoms. The minimum absolute atomic E-state index is 0. The van der Waals surface area contributed by atoms with Gasteiger partial charge in [-0.3, -0.25) is 0 Å². The Morgan fingerprint density at radius 2 is 0.826 bits per heavy atom. The molecule has 23 heavy (non-hydrogen) atoms. The Morgan fingerprint density at radius 3 is 1.09 bits per heavy atom. The van der Waals surface area contributed by atoms with Gasteiger partial charge in [0.25, 0.3) is 0 Å². The van der Waals surface area contributed by atoms with Crippen LogP contribution in [0.2, 0.25) is 0 Å². The van der Waals surface area contributed by atoms with E-state index in [1.165, 1.54) is 51.4 Å². The number of rotatable bonds is 14. The molecule has 0 heterocycles. The monoisotopic (exact) mass is 369 g/mol. The molecule has 0 N–H and O–H groups in total. The summed E-state index contributed by atoms with van der Waals surface area (Å²) in [6.07, 6.45) is 13.9. The Hall–Kier alpha value is -0.541. The fourth-order valence-electron chi connectivity index (χ4n) is 2.10. The average molecular weight is 369 g/mol. The Morgan fingerprint density at radius 1 is 0.565 bits per heavy atom. The van der Waals surface area contributed by atoms with Gasteiger partial charge in [-0.25, -0.2) is 0 Å². The predicted molar refractivity (Wildman–Crippen MR) is 86.0 cm³/mol. The average Bonchev–Trinajstić information content (AvgIpc) is 2.46. The molecule has 4 nitrogen and oxygen atoms in total. The molecule has 0 saturated carbocycles. The van der Waals surface area contributed by atoms with Crippen molar-refractivity contribution in [3.05, 3.63) is 0 Å². The number of unbranched alkanes of at least 4 members (excludes halogenated alkanes) is 10. The number of carbonyl (C=O) groups excluding carboxylic acids is 2. The van der Waals surface area contributed by atoms with Crippen molar-refractivity contribution in [2.24, 2.45) is 0 Å². The summed E-state index contributed by atoms with van der Waals surface area (Å²) in [5.74, 6) is -1.83. The third-order valence-electron chi connectivity index (χ3n) is 3.47. The molecule has 0 aliphatic heterocycles. The molecule has 1 radical (unpaired) electrons. The molecule has 0 bridgehead atoms. The van der Waals surface area contributed by atoms with Gasteiger partial charge < -0.3 is 19.8 Å². The second-order valence-electron chi connectivity index (χ2n) is 5.78. The Kier molecular flexibility index (Phi) is 28.2. The summed E-state index contributed by atoms with van der Waals surface area (Å²) in [5.41, 5.74) is 0. The standard InChI is InChI=1S/2C9H18O2.Mn/c2*1-2-3-4-5-6-7-8-9(10)11;/h2*2-8H2,1H3,(H,10,11);/q;;+2/p-2. The van der Waals surface area contributed by atoms with Crippen LogP contribution in [0.25, 0.3) is 0 Å². The molecule has 0 saturated heterocycles.